The predicted molar refractivity (Wildman–Crippen MR) is 121 cm³/mol. The number of ketones is 1. The summed E-state index contributed by atoms with van der Waals surface area (Å²) >= 11 is 6.32. The number of rotatable bonds is 9. The molecule has 0 bridgehead atoms. The van der Waals surface area contributed by atoms with Gasteiger partial charge in [-0.1, -0.05) is 23.7 Å². The highest BCUT2D eigenvalue weighted by Gasteiger charge is 2.15. The summed E-state index contributed by atoms with van der Waals surface area (Å²) < 4.78 is 5.49. The van der Waals surface area contributed by atoms with Crippen molar-refractivity contribution in [1.29, 1.82) is 10.5 Å². The first-order valence-electron chi connectivity index (χ1n) is 9.73. The van der Waals surface area contributed by atoms with Gasteiger partial charge in [-0.05, 0) is 36.4 Å². The van der Waals surface area contributed by atoms with E-state index < -0.39 is 5.97 Å². The highest BCUT2D eigenvalue weighted by atomic mass is 35.5. The number of aliphatic carboxylic acids is 1. The number of carbonyl (C=O) groups excluding carboxylic acids is 1. The van der Waals surface area contributed by atoms with Gasteiger partial charge in [-0.15, -0.1) is 0 Å². The van der Waals surface area contributed by atoms with Gasteiger partial charge < -0.3 is 15.2 Å². The van der Waals surface area contributed by atoms with Crippen molar-refractivity contribution in [3.05, 3.63) is 76.6 Å². The largest absolute Gasteiger partial charge is 0.491 e. The van der Waals surface area contributed by atoms with Crippen LogP contribution in [0.4, 0.5) is 5.69 Å². The molecule has 0 unspecified atom stereocenters. The number of anilines is 1. The summed E-state index contributed by atoms with van der Waals surface area (Å²) in [5.41, 5.74) is 2.10. The van der Waals surface area contributed by atoms with E-state index in [1.54, 1.807) is 42.5 Å². The van der Waals surface area contributed by atoms with Gasteiger partial charge in [0.05, 0.1) is 36.9 Å². The van der Waals surface area contributed by atoms with Gasteiger partial charge in [0, 0.05) is 27.9 Å². The van der Waals surface area contributed by atoms with Gasteiger partial charge in [0.2, 0.25) is 0 Å². The Morgan fingerprint density at radius 2 is 1.88 bits per heavy atom. The Kier molecular flexibility index (Phi) is 7.59. The first kappa shape index (κ1) is 23.3. The van der Waals surface area contributed by atoms with E-state index in [9.17, 15) is 14.9 Å². The van der Waals surface area contributed by atoms with Crippen LogP contribution >= 0.6 is 11.6 Å². The monoisotopic (exact) mass is 460 g/mol. The molecule has 0 saturated carbocycles. The number of benzene rings is 2. The highest BCUT2D eigenvalue weighted by molar-refractivity contribution is 6.33. The van der Waals surface area contributed by atoms with Crippen molar-refractivity contribution in [3.8, 4) is 29.0 Å². The minimum atomic E-state index is -0.967. The van der Waals surface area contributed by atoms with Crippen molar-refractivity contribution < 1.29 is 19.4 Å². The Morgan fingerprint density at radius 1 is 1.09 bits per heavy atom. The smallest absolute Gasteiger partial charge is 0.306 e. The molecule has 0 aliphatic rings. The van der Waals surface area contributed by atoms with Crippen LogP contribution in [0.25, 0.3) is 11.1 Å². The molecule has 2 aromatic carbocycles. The number of nitrogens with zero attached hydrogens (tertiary/aromatic N) is 3. The Hall–Kier alpha value is -4.40. The molecular formula is C24H17ClN4O4. The third kappa shape index (κ3) is 5.85. The van der Waals surface area contributed by atoms with Gasteiger partial charge in [-0.3, -0.25) is 9.59 Å². The molecule has 0 radical (unpaired) electrons. The Balaban J connectivity index is 1.79. The van der Waals surface area contributed by atoms with Crippen molar-refractivity contribution in [2.75, 3.05) is 18.5 Å². The Morgan fingerprint density at radius 3 is 2.61 bits per heavy atom. The number of hydrogen-bond acceptors (Lipinski definition) is 7. The molecule has 33 heavy (non-hydrogen) atoms. The van der Waals surface area contributed by atoms with Crippen LogP contribution in [0.3, 0.4) is 0 Å². The molecule has 3 rings (SSSR count). The summed E-state index contributed by atoms with van der Waals surface area (Å²) in [6, 6.07) is 16.9. The normalized spacial score (nSPS) is 10.0. The number of aromatic nitrogens is 1. The molecule has 3 aromatic rings. The van der Waals surface area contributed by atoms with Gasteiger partial charge in [-0.25, -0.2) is 4.98 Å². The van der Waals surface area contributed by atoms with E-state index in [0.29, 0.717) is 33.1 Å². The van der Waals surface area contributed by atoms with E-state index >= 15 is 0 Å². The molecule has 1 aromatic heterocycles. The van der Waals surface area contributed by atoms with E-state index in [0.717, 1.165) is 0 Å². The second-order valence-electron chi connectivity index (χ2n) is 6.80. The van der Waals surface area contributed by atoms with Gasteiger partial charge in [0.25, 0.3) is 0 Å². The minimum Gasteiger partial charge on any atom is -0.491 e. The number of carbonyl (C=O) groups is 2. The molecule has 2 N–H and O–H groups in total. The number of carboxylic acids is 1. The molecule has 0 fully saturated rings. The first-order valence-corrected chi connectivity index (χ1v) is 10.1. The first-order chi connectivity index (χ1) is 15.9. The number of halogens is 1. The average molecular weight is 461 g/mol. The summed E-state index contributed by atoms with van der Waals surface area (Å²) in [4.78, 5) is 27.5. The number of nitrogens with one attached hydrogen (secondary N) is 1. The molecule has 0 spiro atoms. The Labute approximate surface area is 194 Å². The predicted octanol–water partition coefficient (Wildman–Crippen LogP) is 4.29. The molecule has 9 heteroatoms. The zero-order valence-electron chi connectivity index (χ0n) is 17.2. The van der Waals surface area contributed by atoms with Crippen LogP contribution in [0.15, 0.2) is 54.7 Å². The quantitative estimate of drug-likeness (QED) is 0.451. The summed E-state index contributed by atoms with van der Waals surface area (Å²) in [6.07, 6.45) is 1.24. The van der Waals surface area contributed by atoms with E-state index in [-0.39, 0.29) is 36.6 Å². The van der Waals surface area contributed by atoms with Crippen LogP contribution in [0.1, 0.15) is 28.0 Å². The van der Waals surface area contributed by atoms with Crippen LogP contribution in [0.5, 0.6) is 5.75 Å². The van der Waals surface area contributed by atoms with Crippen molar-refractivity contribution in [3.63, 3.8) is 0 Å². The Bertz CT molecular complexity index is 1290. The second kappa shape index (κ2) is 10.8. The molecule has 1 heterocycles. The third-order valence-corrected chi connectivity index (χ3v) is 4.95. The van der Waals surface area contributed by atoms with Gasteiger partial charge in [0.1, 0.15) is 17.5 Å². The fourth-order valence-corrected chi connectivity index (χ4v) is 3.21. The lowest BCUT2D eigenvalue weighted by molar-refractivity contribution is -0.137. The number of pyridine rings is 1. The number of nitriles is 2. The topological polar surface area (TPSA) is 136 Å². The van der Waals surface area contributed by atoms with E-state index in [1.807, 2.05) is 12.1 Å². The summed E-state index contributed by atoms with van der Waals surface area (Å²) in [7, 11) is 0. The molecule has 0 aliphatic heterocycles. The molecule has 164 valence electrons. The molecule has 0 saturated heterocycles. The van der Waals surface area contributed by atoms with Crippen LogP contribution < -0.4 is 10.1 Å². The van der Waals surface area contributed by atoms with Crippen LogP contribution in [-0.2, 0) is 4.79 Å². The van der Waals surface area contributed by atoms with E-state index in [1.165, 1.54) is 12.3 Å². The fraction of sp³-hybridized carbons (Fsp3) is 0.125. The zero-order valence-corrected chi connectivity index (χ0v) is 18.0. The maximum atomic E-state index is 12.8. The molecule has 0 amide bonds. The van der Waals surface area contributed by atoms with Crippen molar-refractivity contribution in [2.24, 2.45) is 0 Å². The molecule has 0 aliphatic carbocycles. The summed E-state index contributed by atoms with van der Waals surface area (Å²) in [5, 5.41) is 30.5. The maximum absolute atomic E-state index is 12.8. The molecular weight excluding hydrogens is 444 g/mol. The number of para-hydroxylation sites is 2. The number of carboxylic acid groups (broad SMARTS) is 1. The summed E-state index contributed by atoms with van der Waals surface area (Å²) in [5.74, 6) is -0.773. The van der Waals surface area contributed by atoms with Gasteiger partial charge >= 0.3 is 5.97 Å². The zero-order chi connectivity index (χ0) is 23.8. The lowest BCUT2D eigenvalue weighted by Crippen LogP contribution is -2.15. The van der Waals surface area contributed by atoms with E-state index in [4.69, 9.17) is 26.7 Å². The highest BCUT2D eigenvalue weighted by Crippen LogP contribution is 2.31. The SMILES string of the molecule is N#Cc1cc(C#N)c(-c2cc(C(=O)CNc3ccccc3OCCC(=O)O)ccc2Cl)cn1. The number of ether oxygens (including phenoxy) is 1. The van der Waals surface area contributed by atoms with Gasteiger partial charge in [-0.2, -0.15) is 10.5 Å². The number of hydrogen-bond donors (Lipinski definition) is 2. The molecule has 0 atom stereocenters. The van der Waals surface area contributed by atoms with Crippen molar-refractivity contribution in [2.45, 2.75) is 6.42 Å². The second-order valence-corrected chi connectivity index (χ2v) is 7.21. The number of Topliss-reactive ketones (excluding diaryl/α,β-unsaturated/α-hetero) is 1. The van der Waals surface area contributed by atoms with Crippen LogP contribution in [0.2, 0.25) is 5.02 Å². The average Bonchev–Trinajstić information content (AvgIpc) is 2.83. The van der Waals surface area contributed by atoms with Crippen LogP contribution in [-0.4, -0.2) is 35.0 Å². The molecule has 8 nitrogen and oxygen atoms in total. The fourth-order valence-electron chi connectivity index (χ4n) is 2.99. The van der Waals surface area contributed by atoms with Gasteiger partial charge in [0.15, 0.2) is 5.78 Å². The standard InChI is InChI=1S/C24H17ClN4O4/c25-20-6-5-15(10-18(20)19-13-28-17(12-27)9-16(19)11-26)22(30)14-29-21-3-1-2-4-23(21)33-8-7-24(31)32/h1-6,9-10,13,29H,7-8,14H2,(H,31,32). The lowest BCUT2D eigenvalue weighted by atomic mass is 9.98. The van der Waals surface area contributed by atoms with Crippen molar-refractivity contribution in [1.82, 2.24) is 4.98 Å². The summed E-state index contributed by atoms with van der Waals surface area (Å²) in [6.45, 7) is -0.0561. The van der Waals surface area contributed by atoms with E-state index in [2.05, 4.69) is 10.3 Å². The third-order valence-electron chi connectivity index (χ3n) is 4.62. The lowest BCUT2D eigenvalue weighted by Gasteiger charge is -2.13. The maximum Gasteiger partial charge on any atom is 0.306 e. The minimum absolute atomic E-state index is 0.00235. The van der Waals surface area contributed by atoms with Crippen molar-refractivity contribution >= 4 is 29.0 Å². The van der Waals surface area contributed by atoms with Crippen LogP contribution in [0, 0.1) is 22.7 Å².